The number of aldehydes is 1. The Balaban J connectivity index is 3.17. The van der Waals surface area contributed by atoms with Crippen LogP contribution >= 0.6 is 0 Å². The van der Waals surface area contributed by atoms with E-state index in [0.29, 0.717) is 5.92 Å². The highest BCUT2D eigenvalue weighted by Gasteiger charge is 2.31. The molecule has 0 heterocycles. The third kappa shape index (κ3) is 1.24. The number of hydrogen-bond acceptors (Lipinski definition) is 1. The van der Waals surface area contributed by atoms with E-state index in [2.05, 4.69) is 26.8 Å². The zero-order valence-electron chi connectivity index (χ0n) is 8.22. The van der Waals surface area contributed by atoms with Crippen molar-refractivity contribution in [2.24, 2.45) is 11.3 Å². The van der Waals surface area contributed by atoms with E-state index >= 15 is 0 Å². The van der Waals surface area contributed by atoms with Gasteiger partial charge in [-0.25, -0.2) is 0 Å². The summed E-state index contributed by atoms with van der Waals surface area (Å²) in [4.78, 5) is 10.8. The molecule has 66 valence electrons. The molecule has 1 rings (SSSR count). The largest absolute Gasteiger partial charge is 0.298 e. The molecule has 12 heavy (non-hydrogen) atoms. The van der Waals surface area contributed by atoms with Crippen molar-refractivity contribution in [3.05, 3.63) is 23.3 Å². The molecule has 1 atom stereocenters. The van der Waals surface area contributed by atoms with Crippen molar-refractivity contribution in [3.8, 4) is 0 Å². The number of carbonyl (C=O) groups is 1. The lowest BCUT2D eigenvalue weighted by Gasteiger charge is -2.34. The van der Waals surface area contributed by atoms with Crippen molar-refractivity contribution in [3.63, 3.8) is 0 Å². The van der Waals surface area contributed by atoms with Crippen LogP contribution in [0.15, 0.2) is 23.3 Å². The van der Waals surface area contributed by atoms with Crippen molar-refractivity contribution < 1.29 is 4.79 Å². The molecule has 0 radical (unpaired) electrons. The topological polar surface area (TPSA) is 17.1 Å². The van der Waals surface area contributed by atoms with Gasteiger partial charge >= 0.3 is 0 Å². The van der Waals surface area contributed by atoms with Gasteiger partial charge in [-0.3, -0.25) is 4.79 Å². The Hall–Kier alpha value is -0.850. The molecule has 0 aromatic carbocycles. The quantitative estimate of drug-likeness (QED) is 0.544. The van der Waals surface area contributed by atoms with Crippen molar-refractivity contribution >= 4 is 6.29 Å². The molecule has 0 bridgehead atoms. The summed E-state index contributed by atoms with van der Waals surface area (Å²) in [6.07, 6.45) is 5.21. The summed E-state index contributed by atoms with van der Waals surface area (Å²) in [5.41, 5.74) is 2.05. The van der Waals surface area contributed by atoms with E-state index in [-0.39, 0.29) is 5.41 Å². The lowest BCUT2D eigenvalue weighted by atomic mass is 9.70. The Morgan fingerprint density at radius 2 is 2.08 bits per heavy atom. The molecular weight excluding hydrogens is 148 g/mol. The molecule has 1 aliphatic carbocycles. The summed E-state index contributed by atoms with van der Waals surface area (Å²) in [5, 5.41) is 0. The standard InChI is InChI=1S/C11H16O/c1-8-5-6-9(2)11(3,4)10(8)7-12/h5-7,9H,1-4H3/t9-/m0/s1. The average molecular weight is 164 g/mol. The monoisotopic (exact) mass is 164 g/mol. The van der Waals surface area contributed by atoms with Crippen LogP contribution in [0, 0.1) is 11.3 Å². The van der Waals surface area contributed by atoms with E-state index in [9.17, 15) is 4.79 Å². The number of rotatable bonds is 1. The van der Waals surface area contributed by atoms with E-state index in [0.717, 1.165) is 17.4 Å². The van der Waals surface area contributed by atoms with Gasteiger partial charge in [-0.15, -0.1) is 0 Å². The summed E-state index contributed by atoms with van der Waals surface area (Å²) in [5.74, 6) is 0.446. The molecule has 0 saturated carbocycles. The van der Waals surface area contributed by atoms with Crippen molar-refractivity contribution in [1.82, 2.24) is 0 Å². The number of carbonyl (C=O) groups excluding carboxylic acids is 1. The molecule has 0 N–H and O–H groups in total. The fourth-order valence-electron chi connectivity index (χ4n) is 1.62. The molecule has 1 nitrogen and oxygen atoms in total. The molecule has 0 amide bonds. The van der Waals surface area contributed by atoms with Gasteiger partial charge in [0.1, 0.15) is 6.29 Å². The minimum absolute atomic E-state index is 0.000579. The minimum atomic E-state index is 0.000579. The third-order valence-electron chi connectivity index (χ3n) is 3.01. The normalized spacial score (nSPS) is 27.5. The van der Waals surface area contributed by atoms with Gasteiger partial charge in [0.05, 0.1) is 0 Å². The second kappa shape index (κ2) is 2.89. The molecule has 0 aromatic heterocycles. The second-order valence-corrected chi connectivity index (χ2v) is 4.08. The average Bonchev–Trinajstić information content (AvgIpc) is 1.98. The van der Waals surface area contributed by atoms with E-state index in [1.54, 1.807) is 0 Å². The Morgan fingerprint density at radius 3 is 2.50 bits per heavy atom. The minimum Gasteiger partial charge on any atom is -0.298 e. The maximum atomic E-state index is 10.8. The first-order valence-corrected chi connectivity index (χ1v) is 4.35. The molecule has 0 spiro atoms. The van der Waals surface area contributed by atoms with Crippen molar-refractivity contribution in [2.75, 3.05) is 0 Å². The van der Waals surface area contributed by atoms with Gasteiger partial charge in [0.2, 0.25) is 0 Å². The highest BCUT2D eigenvalue weighted by Crippen LogP contribution is 2.39. The first kappa shape index (κ1) is 9.24. The van der Waals surface area contributed by atoms with Crippen molar-refractivity contribution in [2.45, 2.75) is 27.7 Å². The van der Waals surface area contributed by atoms with Crippen LogP contribution in [0.1, 0.15) is 27.7 Å². The first-order valence-electron chi connectivity index (χ1n) is 4.35. The predicted molar refractivity (Wildman–Crippen MR) is 50.8 cm³/mol. The zero-order chi connectivity index (χ0) is 9.35. The van der Waals surface area contributed by atoms with E-state index < -0.39 is 0 Å². The number of allylic oxidation sites excluding steroid dienone is 4. The van der Waals surface area contributed by atoms with Gasteiger partial charge < -0.3 is 0 Å². The first-order chi connectivity index (χ1) is 5.50. The lowest BCUT2D eigenvalue weighted by Crippen LogP contribution is -2.26. The second-order valence-electron chi connectivity index (χ2n) is 4.08. The summed E-state index contributed by atoms with van der Waals surface area (Å²) < 4.78 is 0. The lowest BCUT2D eigenvalue weighted by molar-refractivity contribution is -0.106. The van der Waals surface area contributed by atoms with Crippen LogP contribution in [0.5, 0.6) is 0 Å². The Bertz CT molecular complexity index is 256. The molecular formula is C11H16O. The van der Waals surface area contributed by atoms with Gasteiger partial charge in [-0.1, -0.05) is 32.9 Å². The van der Waals surface area contributed by atoms with E-state index in [1.165, 1.54) is 0 Å². The highest BCUT2D eigenvalue weighted by atomic mass is 16.1. The number of hydrogen-bond donors (Lipinski definition) is 0. The van der Waals surface area contributed by atoms with Crippen molar-refractivity contribution in [1.29, 1.82) is 0 Å². The highest BCUT2D eigenvalue weighted by molar-refractivity contribution is 5.78. The molecule has 1 aliphatic rings. The molecule has 0 unspecified atom stereocenters. The molecule has 0 aromatic rings. The summed E-state index contributed by atoms with van der Waals surface area (Å²) in [6.45, 7) is 8.38. The van der Waals surface area contributed by atoms with Gasteiger partial charge in [-0.05, 0) is 23.8 Å². The maximum absolute atomic E-state index is 10.8. The molecule has 0 fully saturated rings. The van der Waals surface area contributed by atoms with Crippen LogP contribution < -0.4 is 0 Å². The Morgan fingerprint density at radius 1 is 1.50 bits per heavy atom. The van der Waals surface area contributed by atoms with Crippen LogP contribution in [0.3, 0.4) is 0 Å². The van der Waals surface area contributed by atoms with Gasteiger partial charge in [0, 0.05) is 5.57 Å². The smallest absolute Gasteiger partial charge is 0.146 e. The van der Waals surface area contributed by atoms with Crippen LogP contribution in [0.4, 0.5) is 0 Å². The van der Waals surface area contributed by atoms with Gasteiger partial charge in [0.15, 0.2) is 0 Å². The summed E-state index contributed by atoms with van der Waals surface area (Å²) >= 11 is 0. The summed E-state index contributed by atoms with van der Waals surface area (Å²) in [6, 6.07) is 0. The van der Waals surface area contributed by atoms with Crippen LogP contribution in [0.2, 0.25) is 0 Å². The maximum Gasteiger partial charge on any atom is 0.146 e. The van der Waals surface area contributed by atoms with Crippen LogP contribution in [-0.2, 0) is 4.79 Å². The fourth-order valence-corrected chi connectivity index (χ4v) is 1.62. The van der Waals surface area contributed by atoms with E-state index in [4.69, 9.17) is 0 Å². The summed E-state index contributed by atoms with van der Waals surface area (Å²) in [7, 11) is 0. The fraction of sp³-hybridized carbons (Fsp3) is 0.545. The molecule has 0 aliphatic heterocycles. The van der Waals surface area contributed by atoms with Gasteiger partial charge in [0.25, 0.3) is 0 Å². The van der Waals surface area contributed by atoms with Crippen LogP contribution in [-0.4, -0.2) is 6.29 Å². The zero-order valence-corrected chi connectivity index (χ0v) is 8.22. The Labute approximate surface area is 74.2 Å². The predicted octanol–water partition coefficient (Wildman–Crippen LogP) is 2.73. The van der Waals surface area contributed by atoms with E-state index in [1.807, 2.05) is 13.0 Å². The third-order valence-corrected chi connectivity index (χ3v) is 3.01. The van der Waals surface area contributed by atoms with Gasteiger partial charge in [-0.2, -0.15) is 0 Å². The molecule has 0 saturated heterocycles. The SMILES string of the molecule is CC1=C(C=O)C(C)(C)[C@@H](C)C=C1. The Kier molecular flexibility index (Phi) is 2.22. The van der Waals surface area contributed by atoms with Crippen LogP contribution in [0.25, 0.3) is 0 Å². The molecule has 1 heteroatoms.